The minimum Gasteiger partial charge on any atom is -0.382 e. The molecule has 6 nitrogen and oxygen atoms in total. The van der Waals surface area contributed by atoms with Gasteiger partial charge in [0.05, 0.1) is 11.4 Å². The van der Waals surface area contributed by atoms with Crippen molar-refractivity contribution in [2.75, 3.05) is 5.32 Å². The lowest BCUT2D eigenvalue weighted by Crippen LogP contribution is -2.28. The van der Waals surface area contributed by atoms with Gasteiger partial charge in [-0.05, 0) is 19.1 Å². The van der Waals surface area contributed by atoms with Gasteiger partial charge in [-0.15, -0.1) is 0 Å². The van der Waals surface area contributed by atoms with Crippen LogP contribution in [-0.2, 0) is 16.7 Å². The molecule has 2 aromatic rings. The van der Waals surface area contributed by atoms with Gasteiger partial charge in [0.1, 0.15) is 5.82 Å². The quantitative estimate of drug-likeness (QED) is 0.912. The Morgan fingerprint density at radius 2 is 2.27 bits per heavy atom. The van der Waals surface area contributed by atoms with E-state index in [-0.39, 0.29) is 5.91 Å². The van der Waals surface area contributed by atoms with Gasteiger partial charge in [0.2, 0.25) is 6.10 Å². The molecule has 1 aromatic heterocycles. The minimum atomic E-state index is -0.621. The second-order valence-corrected chi connectivity index (χ2v) is 6.05. The molecule has 7 heteroatoms. The molecule has 2 heterocycles. The summed E-state index contributed by atoms with van der Waals surface area (Å²) in [5.74, 6) is 0.416. The number of carbonyl (C=O) groups excluding carboxylic acids is 1. The number of aryl methyl sites for hydroxylation is 2. The summed E-state index contributed by atoms with van der Waals surface area (Å²) in [6.45, 7) is 1.87. The number of anilines is 1. The topological polar surface area (TPSA) is 68.5 Å². The Bertz CT molecular complexity index is 754. The van der Waals surface area contributed by atoms with Crippen molar-refractivity contribution in [2.45, 2.75) is 19.4 Å². The van der Waals surface area contributed by atoms with Crippen molar-refractivity contribution >= 4 is 33.4 Å². The Kier molecular flexibility index (Phi) is 3.98. The van der Waals surface area contributed by atoms with Crippen molar-refractivity contribution in [1.82, 2.24) is 9.78 Å². The summed E-state index contributed by atoms with van der Waals surface area (Å²) in [4.78, 5) is 17.5. The molecule has 1 unspecified atom stereocenters. The third-order valence-corrected chi connectivity index (χ3v) is 3.87. The number of oxime groups is 1. The number of hydrogen-bond donors (Lipinski definition) is 1. The number of aromatic nitrogens is 2. The molecule has 3 rings (SSSR count). The predicted molar refractivity (Wildman–Crippen MR) is 86.7 cm³/mol. The molecule has 1 N–H and O–H groups in total. The lowest BCUT2D eigenvalue weighted by atomic mass is 10.0. The van der Waals surface area contributed by atoms with E-state index < -0.39 is 6.10 Å². The molecule has 0 saturated heterocycles. The summed E-state index contributed by atoms with van der Waals surface area (Å²) in [6, 6.07) is 9.57. The Hall–Kier alpha value is -2.15. The molecule has 0 saturated carbocycles. The fourth-order valence-electron chi connectivity index (χ4n) is 2.29. The van der Waals surface area contributed by atoms with E-state index in [1.165, 1.54) is 0 Å². The number of nitrogens with one attached hydrogen (secondary N) is 1. The van der Waals surface area contributed by atoms with Crippen LogP contribution in [0.5, 0.6) is 0 Å². The Morgan fingerprint density at radius 3 is 2.95 bits per heavy atom. The Morgan fingerprint density at radius 1 is 1.45 bits per heavy atom. The largest absolute Gasteiger partial charge is 0.382 e. The highest BCUT2D eigenvalue weighted by atomic mass is 79.9. The number of benzene rings is 1. The van der Waals surface area contributed by atoms with Gasteiger partial charge < -0.3 is 10.2 Å². The molecular weight excluding hydrogens is 348 g/mol. The number of rotatable bonds is 3. The van der Waals surface area contributed by atoms with Crippen molar-refractivity contribution in [2.24, 2.45) is 12.2 Å². The Labute approximate surface area is 136 Å². The van der Waals surface area contributed by atoms with E-state index in [1.807, 2.05) is 37.3 Å². The highest BCUT2D eigenvalue weighted by molar-refractivity contribution is 9.10. The van der Waals surface area contributed by atoms with Crippen LogP contribution in [-0.4, -0.2) is 27.5 Å². The molecule has 0 aliphatic carbocycles. The third-order valence-electron chi connectivity index (χ3n) is 3.37. The van der Waals surface area contributed by atoms with Crippen LogP contribution in [0, 0.1) is 6.92 Å². The highest BCUT2D eigenvalue weighted by Gasteiger charge is 2.29. The Balaban J connectivity index is 1.66. The fraction of sp³-hybridized carbons (Fsp3) is 0.267. The van der Waals surface area contributed by atoms with Crippen molar-refractivity contribution < 1.29 is 9.63 Å². The second kappa shape index (κ2) is 5.92. The van der Waals surface area contributed by atoms with Crippen molar-refractivity contribution in [3.63, 3.8) is 0 Å². The monoisotopic (exact) mass is 362 g/mol. The summed E-state index contributed by atoms with van der Waals surface area (Å²) in [5.41, 5.74) is 2.56. The minimum absolute atomic E-state index is 0.225. The summed E-state index contributed by atoms with van der Waals surface area (Å²) >= 11 is 3.42. The van der Waals surface area contributed by atoms with Crippen molar-refractivity contribution in [3.05, 3.63) is 46.1 Å². The smallest absolute Gasteiger partial charge is 0.269 e. The molecule has 1 atom stereocenters. The van der Waals surface area contributed by atoms with E-state index in [0.717, 1.165) is 21.4 Å². The lowest BCUT2D eigenvalue weighted by Gasteiger charge is -2.09. The van der Waals surface area contributed by atoms with Crippen LogP contribution in [0.2, 0.25) is 0 Å². The molecule has 1 amide bonds. The predicted octanol–water partition coefficient (Wildman–Crippen LogP) is 2.62. The van der Waals surface area contributed by atoms with Gasteiger partial charge in [0, 0.05) is 29.6 Å². The zero-order valence-corrected chi connectivity index (χ0v) is 13.8. The van der Waals surface area contributed by atoms with Gasteiger partial charge in [0.15, 0.2) is 0 Å². The molecule has 0 radical (unpaired) electrons. The summed E-state index contributed by atoms with van der Waals surface area (Å²) in [6.07, 6.45) is -0.178. The van der Waals surface area contributed by atoms with Crippen LogP contribution in [0.25, 0.3) is 0 Å². The summed E-state index contributed by atoms with van der Waals surface area (Å²) < 4.78 is 2.59. The van der Waals surface area contributed by atoms with Gasteiger partial charge in [-0.2, -0.15) is 5.10 Å². The maximum Gasteiger partial charge on any atom is 0.269 e. The van der Waals surface area contributed by atoms with E-state index in [1.54, 1.807) is 11.7 Å². The fourth-order valence-corrected chi connectivity index (χ4v) is 2.69. The van der Waals surface area contributed by atoms with E-state index in [2.05, 4.69) is 31.5 Å². The van der Waals surface area contributed by atoms with E-state index in [0.29, 0.717) is 12.2 Å². The highest BCUT2D eigenvalue weighted by Crippen LogP contribution is 2.21. The lowest BCUT2D eigenvalue weighted by molar-refractivity contribution is -0.125. The SMILES string of the molecule is Cc1cc(NC(=O)C2CC(c3cccc(Br)c3)=NO2)n(C)n1. The van der Waals surface area contributed by atoms with Crippen LogP contribution < -0.4 is 5.32 Å². The number of amides is 1. The first kappa shape index (κ1) is 14.8. The molecule has 0 spiro atoms. The van der Waals surface area contributed by atoms with Gasteiger partial charge in [0.25, 0.3) is 5.91 Å². The van der Waals surface area contributed by atoms with E-state index in [9.17, 15) is 4.79 Å². The maximum atomic E-state index is 12.3. The molecule has 0 bridgehead atoms. The summed E-state index contributed by atoms with van der Waals surface area (Å²) in [5, 5.41) is 11.0. The van der Waals surface area contributed by atoms with Crippen LogP contribution in [0.4, 0.5) is 5.82 Å². The maximum absolute atomic E-state index is 12.3. The number of halogens is 1. The van der Waals surface area contributed by atoms with E-state index >= 15 is 0 Å². The molecule has 1 aromatic carbocycles. The van der Waals surface area contributed by atoms with Crippen molar-refractivity contribution in [1.29, 1.82) is 0 Å². The van der Waals surface area contributed by atoms with Gasteiger partial charge in [-0.25, -0.2) is 0 Å². The van der Waals surface area contributed by atoms with Crippen LogP contribution in [0.15, 0.2) is 40.0 Å². The molecule has 1 aliphatic rings. The molecule has 22 heavy (non-hydrogen) atoms. The van der Waals surface area contributed by atoms with Gasteiger partial charge >= 0.3 is 0 Å². The number of hydrogen-bond acceptors (Lipinski definition) is 4. The van der Waals surface area contributed by atoms with Gasteiger partial charge in [-0.1, -0.05) is 33.2 Å². The van der Waals surface area contributed by atoms with Crippen LogP contribution in [0.3, 0.4) is 0 Å². The third kappa shape index (κ3) is 3.04. The molecule has 0 fully saturated rings. The van der Waals surface area contributed by atoms with Crippen LogP contribution >= 0.6 is 15.9 Å². The molecule has 114 valence electrons. The second-order valence-electron chi connectivity index (χ2n) is 5.13. The van der Waals surface area contributed by atoms with E-state index in [4.69, 9.17) is 4.84 Å². The zero-order chi connectivity index (χ0) is 15.7. The number of nitrogens with zero attached hydrogens (tertiary/aromatic N) is 3. The standard InChI is InChI=1S/C15H15BrN4O2/c1-9-6-14(20(2)18-9)17-15(21)13-8-12(19-22-13)10-4-3-5-11(16)7-10/h3-7,13H,8H2,1-2H3,(H,17,21). The molecular formula is C15H15BrN4O2. The average molecular weight is 363 g/mol. The molecule has 1 aliphatic heterocycles. The number of carbonyl (C=O) groups is 1. The summed E-state index contributed by atoms with van der Waals surface area (Å²) in [7, 11) is 1.78. The van der Waals surface area contributed by atoms with Crippen LogP contribution in [0.1, 0.15) is 17.7 Å². The zero-order valence-electron chi connectivity index (χ0n) is 12.2. The first-order chi connectivity index (χ1) is 10.5. The van der Waals surface area contributed by atoms with Crippen molar-refractivity contribution in [3.8, 4) is 0 Å². The first-order valence-corrected chi connectivity index (χ1v) is 7.62. The van der Waals surface area contributed by atoms with Gasteiger partial charge in [-0.3, -0.25) is 9.48 Å². The first-order valence-electron chi connectivity index (χ1n) is 6.83. The normalized spacial score (nSPS) is 17.0. The average Bonchev–Trinajstić information content (AvgIpc) is 3.06.